The molecule has 33 heavy (non-hydrogen) atoms. The minimum Gasteiger partial charge on any atom is -0.491 e. The number of aromatic nitrogens is 3. The van der Waals surface area contributed by atoms with Gasteiger partial charge >= 0.3 is 5.97 Å². The van der Waals surface area contributed by atoms with E-state index in [0.29, 0.717) is 23.9 Å². The number of carboxylic acid groups (broad SMARTS) is 1. The van der Waals surface area contributed by atoms with Crippen LogP contribution in [-0.2, 0) is 11.3 Å². The molecule has 0 radical (unpaired) electrons. The summed E-state index contributed by atoms with van der Waals surface area (Å²) in [5.74, 6) is -0.703. The van der Waals surface area contributed by atoms with Crippen LogP contribution in [0.5, 0.6) is 5.75 Å². The van der Waals surface area contributed by atoms with Crippen LogP contribution < -0.4 is 10.1 Å². The first-order chi connectivity index (χ1) is 15.8. The van der Waals surface area contributed by atoms with Crippen molar-refractivity contribution in [2.24, 2.45) is 0 Å². The smallest absolute Gasteiger partial charge is 0.304 e. The lowest BCUT2D eigenvalue weighted by Crippen LogP contribution is -2.17. The van der Waals surface area contributed by atoms with E-state index in [9.17, 15) is 9.18 Å². The zero-order valence-electron chi connectivity index (χ0n) is 18.0. The number of carbonyl (C=O) groups is 1. The quantitative estimate of drug-likeness (QED) is 0.336. The van der Waals surface area contributed by atoms with Crippen molar-refractivity contribution in [1.82, 2.24) is 20.0 Å². The lowest BCUT2D eigenvalue weighted by atomic mass is 10.1. The summed E-state index contributed by atoms with van der Waals surface area (Å²) in [5, 5.41) is 17.1. The summed E-state index contributed by atoms with van der Waals surface area (Å²) in [6.45, 7) is 4.60. The van der Waals surface area contributed by atoms with Crippen molar-refractivity contribution in [2.45, 2.75) is 32.9 Å². The Morgan fingerprint density at radius 1 is 1.30 bits per heavy atom. The molecule has 0 amide bonds. The van der Waals surface area contributed by atoms with Gasteiger partial charge < -0.3 is 19.7 Å². The molecule has 0 saturated carbocycles. The molecule has 2 aromatic heterocycles. The van der Waals surface area contributed by atoms with Crippen LogP contribution in [0.2, 0.25) is 5.02 Å². The first-order valence-electron chi connectivity index (χ1n) is 10.3. The number of carboxylic acids is 1. The summed E-state index contributed by atoms with van der Waals surface area (Å²) >= 11 is 6.43. The number of fused-ring (bicyclic) bond motifs is 1. The van der Waals surface area contributed by atoms with Crippen LogP contribution in [0, 0.1) is 5.82 Å². The molecule has 0 saturated heterocycles. The second-order valence-electron chi connectivity index (χ2n) is 7.73. The molecule has 2 aromatic carbocycles. The zero-order chi connectivity index (χ0) is 23.5. The standard InChI is InChI=1S/C23H22ClFN4O4/c1-13(2)32-15-4-5-16(19(25)10-15)22-27-23(28-33-22)29-12-18(24)17-9-14(3-6-20(17)29)11-26-8-7-21(30)31/h3-6,9-10,12-13,26H,7-8,11H2,1-2H3,(H,30,31). The molecule has 4 rings (SSSR count). The fourth-order valence-corrected chi connectivity index (χ4v) is 3.63. The molecule has 0 spiro atoms. The molecule has 0 unspecified atom stereocenters. The van der Waals surface area contributed by atoms with Gasteiger partial charge in [-0.15, -0.1) is 0 Å². The molecule has 8 nitrogen and oxygen atoms in total. The number of nitrogens with zero attached hydrogens (tertiary/aromatic N) is 3. The van der Waals surface area contributed by atoms with Crippen molar-refractivity contribution in [1.29, 1.82) is 0 Å². The van der Waals surface area contributed by atoms with E-state index >= 15 is 0 Å². The molecule has 10 heteroatoms. The first-order valence-corrected chi connectivity index (χ1v) is 10.7. The van der Waals surface area contributed by atoms with Gasteiger partial charge in [-0.05, 0) is 48.8 Å². The highest BCUT2D eigenvalue weighted by molar-refractivity contribution is 6.35. The number of rotatable bonds is 9. The SMILES string of the molecule is CC(C)Oc1ccc(-c2nc(-n3cc(Cl)c4cc(CNCCC(=O)O)ccc43)no2)c(F)c1. The lowest BCUT2D eigenvalue weighted by molar-refractivity contribution is -0.136. The normalized spacial score (nSPS) is 11.4. The Balaban J connectivity index is 1.57. The van der Waals surface area contributed by atoms with Gasteiger partial charge in [-0.3, -0.25) is 9.36 Å². The molecule has 0 aliphatic carbocycles. The van der Waals surface area contributed by atoms with Gasteiger partial charge in [-0.1, -0.05) is 17.7 Å². The van der Waals surface area contributed by atoms with E-state index in [1.54, 1.807) is 16.8 Å². The fraction of sp³-hybridized carbons (Fsp3) is 0.261. The van der Waals surface area contributed by atoms with Crippen molar-refractivity contribution >= 4 is 28.5 Å². The van der Waals surface area contributed by atoms with Crippen molar-refractivity contribution in [3.63, 3.8) is 0 Å². The second kappa shape index (κ2) is 9.60. The summed E-state index contributed by atoms with van der Waals surface area (Å²) < 4.78 is 27.1. The number of hydrogen-bond acceptors (Lipinski definition) is 6. The van der Waals surface area contributed by atoms with E-state index in [4.69, 9.17) is 26.0 Å². The van der Waals surface area contributed by atoms with Crippen LogP contribution in [0.15, 0.2) is 47.1 Å². The van der Waals surface area contributed by atoms with Crippen molar-refractivity contribution < 1.29 is 23.6 Å². The van der Waals surface area contributed by atoms with Crippen LogP contribution in [-0.4, -0.2) is 38.4 Å². The Labute approximate surface area is 193 Å². The first kappa shape index (κ1) is 22.8. The van der Waals surface area contributed by atoms with Gasteiger partial charge in [-0.25, -0.2) is 4.39 Å². The maximum atomic E-state index is 14.6. The maximum Gasteiger partial charge on any atom is 0.304 e. The van der Waals surface area contributed by atoms with Gasteiger partial charge in [0.2, 0.25) is 0 Å². The van der Waals surface area contributed by atoms with Crippen molar-refractivity contribution in [3.8, 4) is 23.2 Å². The molecule has 4 aromatic rings. The Hall–Kier alpha value is -3.43. The van der Waals surface area contributed by atoms with Crippen LogP contribution >= 0.6 is 11.6 Å². The summed E-state index contributed by atoms with van der Waals surface area (Å²) in [5.41, 5.74) is 1.87. The Kier molecular flexibility index (Phi) is 6.62. The average Bonchev–Trinajstić information content (AvgIpc) is 3.36. The van der Waals surface area contributed by atoms with Crippen LogP contribution in [0.3, 0.4) is 0 Å². The molecule has 0 aliphatic heterocycles. The summed E-state index contributed by atoms with van der Waals surface area (Å²) in [6.07, 6.45) is 1.64. The number of nitrogens with one attached hydrogen (secondary N) is 1. The predicted molar refractivity (Wildman–Crippen MR) is 121 cm³/mol. The van der Waals surface area contributed by atoms with Crippen molar-refractivity contribution in [2.75, 3.05) is 6.54 Å². The van der Waals surface area contributed by atoms with Gasteiger partial charge in [0.1, 0.15) is 11.6 Å². The third kappa shape index (κ3) is 5.15. The predicted octanol–water partition coefficient (Wildman–Crippen LogP) is 4.82. The number of halogens is 2. The van der Waals surface area contributed by atoms with E-state index in [-0.39, 0.29) is 29.9 Å². The largest absolute Gasteiger partial charge is 0.491 e. The second-order valence-corrected chi connectivity index (χ2v) is 8.13. The molecule has 2 N–H and O–H groups in total. The maximum absolute atomic E-state index is 14.6. The van der Waals surface area contributed by atoms with Gasteiger partial charge in [-0.2, -0.15) is 4.98 Å². The van der Waals surface area contributed by atoms with Gasteiger partial charge in [0, 0.05) is 30.7 Å². The van der Waals surface area contributed by atoms with Crippen LogP contribution in [0.4, 0.5) is 4.39 Å². The Morgan fingerprint density at radius 3 is 2.85 bits per heavy atom. The van der Waals surface area contributed by atoms with E-state index in [1.807, 2.05) is 32.0 Å². The minimum absolute atomic E-state index is 0.0378. The van der Waals surface area contributed by atoms with Crippen molar-refractivity contribution in [3.05, 3.63) is 59.0 Å². The van der Waals surface area contributed by atoms with E-state index < -0.39 is 11.8 Å². The molecular weight excluding hydrogens is 451 g/mol. The van der Waals surface area contributed by atoms with Gasteiger partial charge in [0.05, 0.1) is 28.6 Å². The molecule has 0 aliphatic rings. The number of aliphatic carboxylic acids is 1. The topological polar surface area (TPSA) is 102 Å². The number of hydrogen-bond donors (Lipinski definition) is 2. The summed E-state index contributed by atoms with van der Waals surface area (Å²) in [7, 11) is 0. The van der Waals surface area contributed by atoms with Crippen LogP contribution in [0.1, 0.15) is 25.8 Å². The molecular formula is C23H22ClFN4O4. The third-order valence-corrected chi connectivity index (χ3v) is 5.14. The lowest BCUT2D eigenvalue weighted by Gasteiger charge is -2.09. The highest BCUT2D eigenvalue weighted by atomic mass is 35.5. The van der Waals surface area contributed by atoms with E-state index in [2.05, 4.69) is 15.5 Å². The average molecular weight is 473 g/mol. The molecule has 0 atom stereocenters. The van der Waals surface area contributed by atoms with E-state index in [0.717, 1.165) is 16.5 Å². The summed E-state index contributed by atoms with van der Waals surface area (Å²) in [4.78, 5) is 15.0. The molecule has 0 bridgehead atoms. The van der Waals surface area contributed by atoms with E-state index in [1.165, 1.54) is 12.1 Å². The summed E-state index contributed by atoms with van der Waals surface area (Å²) in [6, 6.07) is 10.1. The zero-order valence-corrected chi connectivity index (χ0v) is 18.8. The molecule has 0 fully saturated rings. The van der Waals surface area contributed by atoms with Gasteiger partial charge in [0.25, 0.3) is 11.8 Å². The van der Waals surface area contributed by atoms with Gasteiger partial charge in [0.15, 0.2) is 0 Å². The molecule has 2 heterocycles. The minimum atomic E-state index is -0.850. The third-order valence-electron chi connectivity index (χ3n) is 4.84. The number of benzene rings is 2. The number of ether oxygens (including phenoxy) is 1. The van der Waals surface area contributed by atoms with Crippen LogP contribution in [0.25, 0.3) is 28.3 Å². The monoisotopic (exact) mass is 472 g/mol. The highest BCUT2D eigenvalue weighted by Gasteiger charge is 2.18. The Bertz CT molecular complexity index is 1300. The molecule has 172 valence electrons. The Morgan fingerprint density at radius 2 is 2.12 bits per heavy atom. The fourth-order valence-electron chi connectivity index (χ4n) is 3.38. The highest BCUT2D eigenvalue weighted by Crippen LogP contribution is 2.30.